The average Bonchev–Trinajstić information content (AvgIpc) is 3.07. The molecule has 0 aliphatic rings. The smallest absolute Gasteiger partial charge is 0.338 e. The van der Waals surface area contributed by atoms with Crippen LogP contribution in [0.5, 0.6) is 0 Å². The predicted molar refractivity (Wildman–Crippen MR) is 99.4 cm³/mol. The van der Waals surface area contributed by atoms with Gasteiger partial charge in [0.2, 0.25) is 0 Å². The standard InChI is InChI=1S/C18H15Cl2N3O3/c1-10(14-5-4-13(19)7-15(14)20)22-17(24)9-26-18(25)11-2-3-12-8-21-23-16(12)6-11/h2-8,10H,9H2,1H3,(H,21,23)(H,22,24). The Morgan fingerprint density at radius 1 is 1.23 bits per heavy atom. The Hall–Kier alpha value is -2.57. The van der Waals surface area contributed by atoms with E-state index >= 15 is 0 Å². The van der Waals surface area contributed by atoms with Crippen molar-refractivity contribution >= 4 is 46.0 Å². The highest BCUT2D eigenvalue weighted by molar-refractivity contribution is 6.35. The number of hydrogen-bond acceptors (Lipinski definition) is 4. The number of nitrogens with zero attached hydrogens (tertiary/aromatic N) is 1. The third kappa shape index (κ3) is 4.15. The minimum atomic E-state index is -0.589. The normalized spacial score (nSPS) is 12.0. The number of amides is 1. The van der Waals surface area contributed by atoms with Gasteiger partial charge in [-0.1, -0.05) is 35.3 Å². The number of esters is 1. The van der Waals surface area contributed by atoms with E-state index in [9.17, 15) is 9.59 Å². The summed E-state index contributed by atoms with van der Waals surface area (Å²) < 4.78 is 5.06. The molecule has 2 aromatic carbocycles. The molecule has 0 aliphatic carbocycles. The van der Waals surface area contributed by atoms with E-state index in [-0.39, 0.29) is 6.04 Å². The minimum absolute atomic E-state index is 0.336. The van der Waals surface area contributed by atoms with Crippen molar-refractivity contribution in [1.29, 1.82) is 0 Å². The van der Waals surface area contributed by atoms with Gasteiger partial charge in [-0.3, -0.25) is 9.89 Å². The van der Waals surface area contributed by atoms with Crippen LogP contribution in [0.1, 0.15) is 28.9 Å². The van der Waals surface area contributed by atoms with E-state index in [1.807, 2.05) is 0 Å². The zero-order chi connectivity index (χ0) is 18.7. The molecule has 0 bridgehead atoms. The van der Waals surface area contributed by atoms with Crippen molar-refractivity contribution in [2.24, 2.45) is 0 Å². The highest BCUT2D eigenvalue weighted by atomic mass is 35.5. The highest BCUT2D eigenvalue weighted by Crippen LogP contribution is 2.26. The van der Waals surface area contributed by atoms with Gasteiger partial charge in [-0.05, 0) is 36.8 Å². The van der Waals surface area contributed by atoms with Crippen LogP contribution in [-0.2, 0) is 9.53 Å². The van der Waals surface area contributed by atoms with Gasteiger partial charge in [0.25, 0.3) is 5.91 Å². The van der Waals surface area contributed by atoms with Crippen molar-refractivity contribution in [2.45, 2.75) is 13.0 Å². The monoisotopic (exact) mass is 391 g/mol. The molecular formula is C18H15Cl2N3O3. The molecule has 1 heterocycles. The lowest BCUT2D eigenvalue weighted by Crippen LogP contribution is -2.31. The molecule has 0 radical (unpaired) electrons. The van der Waals surface area contributed by atoms with E-state index in [2.05, 4.69) is 15.5 Å². The molecule has 1 atom stereocenters. The molecule has 0 aliphatic heterocycles. The van der Waals surface area contributed by atoms with Crippen molar-refractivity contribution in [2.75, 3.05) is 6.61 Å². The number of aromatic nitrogens is 2. The van der Waals surface area contributed by atoms with Gasteiger partial charge < -0.3 is 10.1 Å². The van der Waals surface area contributed by atoms with Gasteiger partial charge in [-0.2, -0.15) is 5.10 Å². The number of carbonyl (C=O) groups is 2. The first kappa shape index (κ1) is 18.2. The first-order valence-corrected chi connectivity index (χ1v) is 8.54. The highest BCUT2D eigenvalue weighted by Gasteiger charge is 2.15. The first-order chi connectivity index (χ1) is 12.4. The number of benzene rings is 2. The van der Waals surface area contributed by atoms with Gasteiger partial charge in [0.1, 0.15) is 0 Å². The Kier molecular flexibility index (Phi) is 5.44. The topological polar surface area (TPSA) is 84.1 Å². The molecule has 6 nitrogen and oxygen atoms in total. The summed E-state index contributed by atoms with van der Waals surface area (Å²) in [7, 11) is 0. The van der Waals surface area contributed by atoms with Crippen molar-refractivity contribution in [3.05, 3.63) is 63.8 Å². The fourth-order valence-electron chi connectivity index (χ4n) is 2.49. The summed E-state index contributed by atoms with van der Waals surface area (Å²) in [5.41, 5.74) is 1.78. The van der Waals surface area contributed by atoms with Gasteiger partial charge >= 0.3 is 5.97 Å². The summed E-state index contributed by atoms with van der Waals surface area (Å²) in [6.45, 7) is 1.39. The Labute approximate surface area is 159 Å². The summed E-state index contributed by atoms with van der Waals surface area (Å²) in [4.78, 5) is 24.1. The van der Waals surface area contributed by atoms with Crippen molar-refractivity contribution < 1.29 is 14.3 Å². The lowest BCUT2D eigenvalue weighted by molar-refractivity contribution is -0.124. The fourth-order valence-corrected chi connectivity index (χ4v) is 3.06. The van der Waals surface area contributed by atoms with E-state index in [4.69, 9.17) is 27.9 Å². The van der Waals surface area contributed by atoms with Gasteiger partial charge in [0.15, 0.2) is 6.61 Å². The third-order valence-electron chi connectivity index (χ3n) is 3.82. The first-order valence-electron chi connectivity index (χ1n) is 7.78. The van der Waals surface area contributed by atoms with Crippen LogP contribution in [0.4, 0.5) is 0 Å². The summed E-state index contributed by atoms with van der Waals surface area (Å²) in [5, 5.41) is 11.2. The summed E-state index contributed by atoms with van der Waals surface area (Å²) in [6.07, 6.45) is 1.65. The van der Waals surface area contributed by atoms with Crippen LogP contribution in [0, 0.1) is 0 Å². The molecule has 0 saturated carbocycles. The van der Waals surface area contributed by atoms with Crippen LogP contribution in [0.25, 0.3) is 10.9 Å². The Bertz CT molecular complexity index is 971. The molecule has 1 aromatic heterocycles. The van der Waals surface area contributed by atoms with E-state index in [1.165, 1.54) is 0 Å². The second kappa shape index (κ2) is 7.76. The Morgan fingerprint density at radius 3 is 2.81 bits per heavy atom. The molecule has 134 valence electrons. The molecule has 0 saturated heterocycles. The van der Waals surface area contributed by atoms with E-state index in [1.54, 1.807) is 49.5 Å². The maximum Gasteiger partial charge on any atom is 0.338 e. The number of carbonyl (C=O) groups excluding carboxylic acids is 2. The second-order valence-corrected chi connectivity index (χ2v) is 6.55. The maximum absolute atomic E-state index is 12.1. The van der Waals surface area contributed by atoms with Gasteiger partial charge in [0.05, 0.1) is 23.3 Å². The molecule has 1 amide bonds. The maximum atomic E-state index is 12.1. The van der Waals surface area contributed by atoms with Gasteiger partial charge in [-0.25, -0.2) is 4.79 Å². The lowest BCUT2D eigenvalue weighted by Gasteiger charge is -2.16. The van der Waals surface area contributed by atoms with Crippen LogP contribution >= 0.6 is 23.2 Å². The fraction of sp³-hybridized carbons (Fsp3) is 0.167. The SMILES string of the molecule is CC(NC(=O)COC(=O)c1ccc2cn[nH]c2c1)c1ccc(Cl)cc1Cl. The molecule has 1 unspecified atom stereocenters. The third-order valence-corrected chi connectivity index (χ3v) is 4.38. The molecule has 3 rings (SSSR count). The molecule has 0 spiro atoms. The number of fused-ring (bicyclic) bond motifs is 1. The molecule has 8 heteroatoms. The summed E-state index contributed by atoms with van der Waals surface area (Å²) in [5.74, 6) is -1.02. The number of hydrogen-bond donors (Lipinski definition) is 2. The number of rotatable bonds is 5. The number of halogens is 2. The van der Waals surface area contributed by atoms with Gasteiger partial charge in [0, 0.05) is 15.4 Å². The average molecular weight is 392 g/mol. The summed E-state index contributed by atoms with van der Waals surface area (Å²) in [6, 6.07) is 9.67. The van der Waals surface area contributed by atoms with Crippen molar-refractivity contribution in [3.63, 3.8) is 0 Å². The van der Waals surface area contributed by atoms with E-state index < -0.39 is 18.5 Å². The van der Waals surface area contributed by atoms with Crippen molar-refractivity contribution in [3.8, 4) is 0 Å². The van der Waals surface area contributed by atoms with E-state index in [0.717, 1.165) is 16.5 Å². The number of nitrogens with one attached hydrogen (secondary N) is 2. The molecular weight excluding hydrogens is 377 g/mol. The second-order valence-electron chi connectivity index (χ2n) is 5.70. The van der Waals surface area contributed by atoms with Crippen LogP contribution < -0.4 is 5.32 Å². The van der Waals surface area contributed by atoms with Crippen LogP contribution in [0.15, 0.2) is 42.6 Å². The molecule has 3 aromatic rings. The molecule has 26 heavy (non-hydrogen) atoms. The lowest BCUT2D eigenvalue weighted by atomic mass is 10.1. The predicted octanol–water partition coefficient (Wildman–Crippen LogP) is 3.90. The number of H-pyrrole nitrogens is 1. The quantitative estimate of drug-likeness (QED) is 0.645. The number of ether oxygens (including phenoxy) is 1. The van der Waals surface area contributed by atoms with E-state index in [0.29, 0.717) is 15.6 Å². The minimum Gasteiger partial charge on any atom is -0.452 e. The van der Waals surface area contributed by atoms with Crippen molar-refractivity contribution in [1.82, 2.24) is 15.5 Å². The van der Waals surface area contributed by atoms with Gasteiger partial charge in [-0.15, -0.1) is 0 Å². The molecule has 0 fully saturated rings. The number of aromatic amines is 1. The summed E-state index contributed by atoms with van der Waals surface area (Å²) >= 11 is 12.0. The molecule has 2 N–H and O–H groups in total. The van der Waals surface area contributed by atoms with Crippen LogP contribution in [0.3, 0.4) is 0 Å². The Morgan fingerprint density at radius 2 is 2.04 bits per heavy atom. The zero-order valence-electron chi connectivity index (χ0n) is 13.8. The Balaban J connectivity index is 1.56. The largest absolute Gasteiger partial charge is 0.452 e. The van der Waals surface area contributed by atoms with Crippen LogP contribution in [-0.4, -0.2) is 28.7 Å². The zero-order valence-corrected chi connectivity index (χ0v) is 15.3. The van der Waals surface area contributed by atoms with Crippen LogP contribution in [0.2, 0.25) is 10.0 Å².